The molecule has 0 saturated carbocycles. The Labute approximate surface area is 118 Å². The number of benzene rings is 1. The number of alkyl halides is 1. The molecule has 0 amide bonds. The van der Waals surface area contributed by atoms with Crippen LogP contribution in [0.1, 0.15) is 27.8 Å². The summed E-state index contributed by atoms with van der Waals surface area (Å²) in [5.74, 6) is 2.21. The average molecular weight is 281 g/mol. The van der Waals surface area contributed by atoms with Crippen molar-refractivity contribution in [2.45, 2.75) is 19.2 Å². The predicted molar refractivity (Wildman–Crippen MR) is 75.4 cm³/mol. The second-order valence-electron chi connectivity index (χ2n) is 4.36. The summed E-state index contributed by atoms with van der Waals surface area (Å²) in [6.07, 6.45) is 1.65. The Balaban J connectivity index is 2.48. The van der Waals surface area contributed by atoms with E-state index in [0.717, 1.165) is 22.5 Å². The van der Waals surface area contributed by atoms with E-state index in [1.165, 1.54) is 0 Å². The van der Waals surface area contributed by atoms with E-state index in [0.29, 0.717) is 11.5 Å². The van der Waals surface area contributed by atoms with Crippen molar-refractivity contribution in [1.29, 1.82) is 0 Å². The van der Waals surface area contributed by atoms with Crippen LogP contribution in [-0.2, 0) is 0 Å². The number of furan rings is 1. The average Bonchev–Trinajstić information content (AvgIpc) is 2.83. The fourth-order valence-corrected chi connectivity index (χ4v) is 2.56. The van der Waals surface area contributed by atoms with E-state index in [2.05, 4.69) is 0 Å². The van der Waals surface area contributed by atoms with Crippen molar-refractivity contribution in [1.82, 2.24) is 0 Å². The third-order valence-electron chi connectivity index (χ3n) is 3.22. The lowest BCUT2D eigenvalue weighted by atomic mass is 9.99. The Kier molecular flexibility index (Phi) is 4.05. The summed E-state index contributed by atoms with van der Waals surface area (Å²) in [4.78, 5) is 0. The van der Waals surface area contributed by atoms with Crippen LogP contribution in [-0.4, -0.2) is 14.2 Å². The molecule has 4 heteroatoms. The number of ether oxygens (including phenoxy) is 2. The van der Waals surface area contributed by atoms with Crippen molar-refractivity contribution < 1.29 is 13.9 Å². The molecular formula is C15H17ClO3. The Morgan fingerprint density at radius 3 is 2.21 bits per heavy atom. The van der Waals surface area contributed by atoms with Crippen molar-refractivity contribution in [3.8, 4) is 11.5 Å². The highest BCUT2D eigenvalue weighted by atomic mass is 35.5. The molecule has 0 aliphatic rings. The topological polar surface area (TPSA) is 31.6 Å². The van der Waals surface area contributed by atoms with E-state index in [4.69, 9.17) is 25.5 Å². The first-order valence-electron chi connectivity index (χ1n) is 5.99. The molecule has 1 aromatic carbocycles. The quantitative estimate of drug-likeness (QED) is 0.785. The van der Waals surface area contributed by atoms with E-state index in [-0.39, 0.29) is 5.38 Å². The van der Waals surface area contributed by atoms with Crippen LogP contribution < -0.4 is 9.47 Å². The Hall–Kier alpha value is -1.61. The third kappa shape index (κ3) is 2.56. The van der Waals surface area contributed by atoms with Gasteiger partial charge in [-0.25, -0.2) is 0 Å². The molecule has 0 spiro atoms. The molecule has 1 atom stereocenters. The van der Waals surface area contributed by atoms with Crippen LogP contribution in [0.3, 0.4) is 0 Å². The molecule has 2 rings (SSSR count). The SMILES string of the molecule is COc1cc(C)c(C(Cl)c2ccoc2C)cc1OC. The Morgan fingerprint density at radius 2 is 1.68 bits per heavy atom. The zero-order valence-corrected chi connectivity index (χ0v) is 12.2. The molecule has 102 valence electrons. The van der Waals surface area contributed by atoms with E-state index in [9.17, 15) is 0 Å². The van der Waals surface area contributed by atoms with Crippen LogP contribution in [0.15, 0.2) is 28.9 Å². The molecule has 19 heavy (non-hydrogen) atoms. The summed E-state index contributed by atoms with van der Waals surface area (Å²) in [7, 11) is 3.23. The number of methoxy groups -OCH3 is 2. The van der Waals surface area contributed by atoms with Gasteiger partial charge in [-0.15, -0.1) is 11.6 Å². The minimum atomic E-state index is -0.265. The second kappa shape index (κ2) is 5.57. The highest BCUT2D eigenvalue weighted by Crippen LogP contribution is 2.38. The van der Waals surface area contributed by atoms with Crippen LogP contribution >= 0.6 is 11.6 Å². The normalized spacial score (nSPS) is 12.3. The van der Waals surface area contributed by atoms with Gasteiger partial charge >= 0.3 is 0 Å². The minimum Gasteiger partial charge on any atom is -0.493 e. The molecule has 0 bridgehead atoms. The first kappa shape index (κ1) is 13.8. The van der Waals surface area contributed by atoms with Gasteiger partial charge in [-0.1, -0.05) is 0 Å². The van der Waals surface area contributed by atoms with Gasteiger partial charge in [0.1, 0.15) is 5.76 Å². The predicted octanol–water partition coefficient (Wildman–Crippen LogP) is 4.24. The molecule has 0 saturated heterocycles. The molecule has 0 aliphatic heterocycles. The number of hydrogen-bond acceptors (Lipinski definition) is 3. The summed E-state index contributed by atoms with van der Waals surface area (Å²) in [6.45, 7) is 3.91. The molecule has 0 N–H and O–H groups in total. The summed E-state index contributed by atoms with van der Waals surface area (Å²) in [6, 6.07) is 5.74. The second-order valence-corrected chi connectivity index (χ2v) is 4.79. The zero-order chi connectivity index (χ0) is 14.0. The van der Waals surface area contributed by atoms with Gasteiger partial charge < -0.3 is 13.9 Å². The number of halogens is 1. The lowest BCUT2D eigenvalue weighted by Crippen LogP contribution is -2.00. The molecule has 0 aliphatic carbocycles. The van der Waals surface area contributed by atoms with Gasteiger partial charge in [-0.2, -0.15) is 0 Å². The van der Waals surface area contributed by atoms with Gasteiger partial charge in [0.05, 0.1) is 25.9 Å². The molecule has 1 aromatic heterocycles. The fraction of sp³-hybridized carbons (Fsp3) is 0.333. The van der Waals surface area contributed by atoms with Crippen molar-refractivity contribution in [3.05, 3.63) is 46.9 Å². The van der Waals surface area contributed by atoms with Gasteiger partial charge in [0, 0.05) is 5.56 Å². The van der Waals surface area contributed by atoms with Crippen molar-refractivity contribution in [2.24, 2.45) is 0 Å². The largest absolute Gasteiger partial charge is 0.493 e. The number of hydrogen-bond donors (Lipinski definition) is 0. The zero-order valence-electron chi connectivity index (χ0n) is 11.5. The molecule has 0 radical (unpaired) electrons. The Morgan fingerprint density at radius 1 is 1.05 bits per heavy atom. The van der Waals surface area contributed by atoms with Crippen molar-refractivity contribution in [3.63, 3.8) is 0 Å². The first-order valence-corrected chi connectivity index (χ1v) is 6.42. The minimum absolute atomic E-state index is 0.265. The standard InChI is InChI=1S/C15H17ClO3/c1-9-7-13(17-3)14(18-4)8-12(9)15(16)11-5-6-19-10(11)2/h5-8,15H,1-4H3. The van der Waals surface area contributed by atoms with Crippen LogP contribution in [0.25, 0.3) is 0 Å². The maximum Gasteiger partial charge on any atom is 0.161 e. The molecular weight excluding hydrogens is 264 g/mol. The van der Waals surface area contributed by atoms with Gasteiger partial charge in [0.2, 0.25) is 0 Å². The fourth-order valence-electron chi connectivity index (χ4n) is 2.09. The third-order valence-corrected chi connectivity index (χ3v) is 3.69. The lowest BCUT2D eigenvalue weighted by molar-refractivity contribution is 0.354. The highest BCUT2D eigenvalue weighted by Gasteiger charge is 2.19. The molecule has 1 unspecified atom stereocenters. The molecule has 0 fully saturated rings. The molecule has 3 nitrogen and oxygen atoms in total. The van der Waals surface area contributed by atoms with Gasteiger partial charge in [-0.05, 0) is 43.2 Å². The van der Waals surface area contributed by atoms with E-state index in [1.807, 2.05) is 32.0 Å². The smallest absolute Gasteiger partial charge is 0.161 e. The van der Waals surface area contributed by atoms with Gasteiger partial charge in [-0.3, -0.25) is 0 Å². The highest BCUT2D eigenvalue weighted by molar-refractivity contribution is 6.22. The van der Waals surface area contributed by atoms with Crippen molar-refractivity contribution >= 4 is 11.6 Å². The van der Waals surface area contributed by atoms with E-state index < -0.39 is 0 Å². The number of rotatable bonds is 4. The summed E-state index contributed by atoms with van der Waals surface area (Å²) in [5, 5.41) is -0.265. The van der Waals surface area contributed by atoms with Crippen LogP contribution in [0.4, 0.5) is 0 Å². The maximum absolute atomic E-state index is 6.55. The number of aryl methyl sites for hydroxylation is 2. The first-order chi connectivity index (χ1) is 9.08. The molecule has 2 aromatic rings. The van der Waals surface area contributed by atoms with Gasteiger partial charge in [0.25, 0.3) is 0 Å². The van der Waals surface area contributed by atoms with Gasteiger partial charge in [0.15, 0.2) is 11.5 Å². The monoisotopic (exact) mass is 280 g/mol. The van der Waals surface area contributed by atoms with E-state index in [1.54, 1.807) is 20.5 Å². The lowest BCUT2D eigenvalue weighted by Gasteiger charge is -2.16. The van der Waals surface area contributed by atoms with Crippen molar-refractivity contribution in [2.75, 3.05) is 14.2 Å². The Bertz CT molecular complexity index is 575. The summed E-state index contributed by atoms with van der Waals surface area (Å²) >= 11 is 6.55. The van der Waals surface area contributed by atoms with E-state index >= 15 is 0 Å². The van der Waals surface area contributed by atoms with Crippen LogP contribution in [0, 0.1) is 13.8 Å². The van der Waals surface area contributed by atoms with Crippen LogP contribution in [0.5, 0.6) is 11.5 Å². The summed E-state index contributed by atoms with van der Waals surface area (Å²) < 4.78 is 15.9. The van der Waals surface area contributed by atoms with Crippen LogP contribution in [0.2, 0.25) is 0 Å². The summed E-state index contributed by atoms with van der Waals surface area (Å²) in [5.41, 5.74) is 3.01. The maximum atomic E-state index is 6.55. The molecule has 1 heterocycles.